The molecule has 0 amide bonds. The van der Waals surface area contributed by atoms with Crippen LogP contribution in [0.15, 0.2) is 30.3 Å². The van der Waals surface area contributed by atoms with Gasteiger partial charge in [0.2, 0.25) is 0 Å². The third kappa shape index (κ3) is 2.60. The summed E-state index contributed by atoms with van der Waals surface area (Å²) in [6.07, 6.45) is 2.86. The highest BCUT2D eigenvalue weighted by molar-refractivity contribution is 5.15. The fourth-order valence-corrected chi connectivity index (χ4v) is 2.94. The Morgan fingerprint density at radius 2 is 1.94 bits per heavy atom. The standard InChI is InChI=1S/C16H24N2/c1-16(2)12-17-15(14-8-9-14)11-18(16)10-13-6-4-3-5-7-13/h3-7,14-15,17H,8-12H2,1-2H3. The topological polar surface area (TPSA) is 15.3 Å². The molecule has 0 bridgehead atoms. The molecule has 18 heavy (non-hydrogen) atoms. The van der Waals surface area contributed by atoms with Crippen molar-refractivity contribution in [1.82, 2.24) is 10.2 Å². The van der Waals surface area contributed by atoms with E-state index in [0.29, 0.717) is 0 Å². The maximum absolute atomic E-state index is 3.75. The van der Waals surface area contributed by atoms with Gasteiger partial charge < -0.3 is 5.32 Å². The van der Waals surface area contributed by atoms with Gasteiger partial charge in [-0.15, -0.1) is 0 Å². The summed E-state index contributed by atoms with van der Waals surface area (Å²) in [5, 5.41) is 3.75. The van der Waals surface area contributed by atoms with Crippen LogP contribution in [0.5, 0.6) is 0 Å². The Bertz CT molecular complexity index is 395. The normalized spacial score (nSPS) is 28.2. The van der Waals surface area contributed by atoms with Gasteiger partial charge in [-0.1, -0.05) is 30.3 Å². The molecule has 98 valence electrons. The van der Waals surface area contributed by atoms with E-state index in [1.807, 2.05) is 0 Å². The summed E-state index contributed by atoms with van der Waals surface area (Å²) < 4.78 is 0. The molecule has 1 atom stereocenters. The molecule has 2 heteroatoms. The third-order valence-corrected chi connectivity index (χ3v) is 4.48. The van der Waals surface area contributed by atoms with E-state index >= 15 is 0 Å². The lowest BCUT2D eigenvalue weighted by Gasteiger charge is -2.46. The number of nitrogens with one attached hydrogen (secondary N) is 1. The molecular formula is C16H24N2. The first-order valence-corrected chi connectivity index (χ1v) is 7.17. The van der Waals surface area contributed by atoms with E-state index in [0.717, 1.165) is 25.0 Å². The molecule has 2 aliphatic rings. The molecule has 1 aliphatic heterocycles. The summed E-state index contributed by atoms with van der Waals surface area (Å²) in [6, 6.07) is 11.6. The van der Waals surface area contributed by atoms with Crippen LogP contribution >= 0.6 is 0 Å². The molecule has 0 spiro atoms. The first-order valence-electron chi connectivity index (χ1n) is 7.17. The second-order valence-electron chi connectivity index (χ2n) is 6.50. The molecule has 2 nitrogen and oxygen atoms in total. The maximum Gasteiger partial charge on any atom is 0.0281 e. The molecule has 1 aromatic rings. The Balaban J connectivity index is 1.70. The summed E-state index contributed by atoms with van der Waals surface area (Å²) in [7, 11) is 0. The van der Waals surface area contributed by atoms with Crippen molar-refractivity contribution in [2.24, 2.45) is 5.92 Å². The first kappa shape index (κ1) is 12.2. The first-order chi connectivity index (χ1) is 8.65. The Hall–Kier alpha value is -0.860. The van der Waals surface area contributed by atoms with Crippen molar-refractivity contribution in [2.45, 2.75) is 44.8 Å². The minimum absolute atomic E-state index is 0.265. The van der Waals surface area contributed by atoms with Crippen molar-refractivity contribution in [1.29, 1.82) is 0 Å². The van der Waals surface area contributed by atoms with Crippen LogP contribution in [0, 0.1) is 5.92 Å². The zero-order chi connectivity index (χ0) is 12.6. The van der Waals surface area contributed by atoms with Crippen LogP contribution in [-0.4, -0.2) is 29.6 Å². The van der Waals surface area contributed by atoms with Gasteiger partial charge in [-0.25, -0.2) is 0 Å². The van der Waals surface area contributed by atoms with Crippen LogP contribution in [-0.2, 0) is 6.54 Å². The molecule has 0 aromatic heterocycles. The molecule has 1 aromatic carbocycles. The van der Waals surface area contributed by atoms with Crippen molar-refractivity contribution in [3.05, 3.63) is 35.9 Å². The van der Waals surface area contributed by atoms with Gasteiger partial charge in [0.15, 0.2) is 0 Å². The Morgan fingerprint density at radius 3 is 2.61 bits per heavy atom. The predicted molar refractivity (Wildman–Crippen MR) is 75.4 cm³/mol. The smallest absolute Gasteiger partial charge is 0.0281 e. The lowest BCUT2D eigenvalue weighted by Crippen LogP contribution is -2.62. The molecular weight excluding hydrogens is 220 g/mol. The second kappa shape index (κ2) is 4.67. The van der Waals surface area contributed by atoms with Crippen molar-refractivity contribution in [3.8, 4) is 0 Å². The van der Waals surface area contributed by atoms with Gasteiger partial charge in [0, 0.05) is 31.2 Å². The highest BCUT2D eigenvalue weighted by Gasteiger charge is 2.40. The van der Waals surface area contributed by atoms with E-state index in [1.165, 1.54) is 24.9 Å². The molecule has 2 fully saturated rings. The van der Waals surface area contributed by atoms with E-state index < -0.39 is 0 Å². The molecule has 1 aliphatic carbocycles. The molecule has 1 heterocycles. The highest BCUT2D eigenvalue weighted by Crippen LogP contribution is 2.36. The number of piperazine rings is 1. The molecule has 0 radical (unpaired) electrons. The summed E-state index contributed by atoms with van der Waals surface area (Å²) >= 11 is 0. The SMILES string of the molecule is CC1(C)CNC(C2CC2)CN1Cc1ccccc1. The van der Waals surface area contributed by atoms with E-state index in [1.54, 1.807) is 0 Å². The minimum Gasteiger partial charge on any atom is -0.311 e. The van der Waals surface area contributed by atoms with Crippen molar-refractivity contribution >= 4 is 0 Å². The highest BCUT2D eigenvalue weighted by atomic mass is 15.3. The van der Waals surface area contributed by atoms with E-state index in [-0.39, 0.29) is 5.54 Å². The molecule has 1 unspecified atom stereocenters. The zero-order valence-electron chi connectivity index (χ0n) is 11.5. The Morgan fingerprint density at radius 1 is 1.22 bits per heavy atom. The van der Waals surface area contributed by atoms with Gasteiger partial charge in [-0.2, -0.15) is 0 Å². The van der Waals surface area contributed by atoms with Gasteiger partial charge in [-0.05, 0) is 38.2 Å². The minimum atomic E-state index is 0.265. The summed E-state index contributed by atoms with van der Waals surface area (Å²) in [5.41, 5.74) is 1.70. The van der Waals surface area contributed by atoms with Crippen LogP contribution in [0.2, 0.25) is 0 Å². The van der Waals surface area contributed by atoms with Gasteiger partial charge in [-0.3, -0.25) is 4.90 Å². The van der Waals surface area contributed by atoms with E-state index in [9.17, 15) is 0 Å². The molecule has 3 rings (SSSR count). The summed E-state index contributed by atoms with van der Waals surface area (Å²) in [5.74, 6) is 0.944. The number of nitrogens with zero attached hydrogens (tertiary/aromatic N) is 1. The van der Waals surface area contributed by atoms with E-state index in [4.69, 9.17) is 0 Å². The Labute approximate surface area is 110 Å². The van der Waals surface area contributed by atoms with Crippen LogP contribution in [0.4, 0.5) is 0 Å². The quantitative estimate of drug-likeness (QED) is 0.879. The van der Waals surface area contributed by atoms with Crippen LogP contribution in [0.3, 0.4) is 0 Å². The maximum atomic E-state index is 3.75. The Kier molecular flexibility index (Phi) is 3.16. The van der Waals surface area contributed by atoms with Gasteiger partial charge in [0.1, 0.15) is 0 Å². The number of hydrogen-bond donors (Lipinski definition) is 1. The largest absolute Gasteiger partial charge is 0.311 e. The average Bonchev–Trinajstić information content (AvgIpc) is 3.17. The number of benzene rings is 1. The van der Waals surface area contributed by atoms with Gasteiger partial charge >= 0.3 is 0 Å². The van der Waals surface area contributed by atoms with Crippen LogP contribution in [0.25, 0.3) is 0 Å². The fraction of sp³-hybridized carbons (Fsp3) is 0.625. The zero-order valence-corrected chi connectivity index (χ0v) is 11.5. The van der Waals surface area contributed by atoms with Gasteiger partial charge in [0.05, 0.1) is 0 Å². The molecule has 1 N–H and O–H groups in total. The van der Waals surface area contributed by atoms with Crippen molar-refractivity contribution in [3.63, 3.8) is 0 Å². The monoisotopic (exact) mass is 244 g/mol. The summed E-state index contributed by atoms with van der Waals surface area (Å²) in [6.45, 7) is 8.10. The number of hydrogen-bond acceptors (Lipinski definition) is 2. The lowest BCUT2D eigenvalue weighted by atomic mass is 9.95. The summed E-state index contributed by atoms with van der Waals surface area (Å²) in [4.78, 5) is 2.65. The van der Waals surface area contributed by atoms with Crippen LogP contribution < -0.4 is 5.32 Å². The molecule has 1 saturated heterocycles. The van der Waals surface area contributed by atoms with E-state index in [2.05, 4.69) is 54.4 Å². The van der Waals surface area contributed by atoms with Gasteiger partial charge in [0.25, 0.3) is 0 Å². The number of rotatable bonds is 3. The molecule has 1 saturated carbocycles. The fourth-order valence-electron chi connectivity index (χ4n) is 2.94. The average molecular weight is 244 g/mol. The lowest BCUT2D eigenvalue weighted by molar-refractivity contribution is 0.0534. The van der Waals surface area contributed by atoms with Crippen molar-refractivity contribution in [2.75, 3.05) is 13.1 Å². The third-order valence-electron chi connectivity index (χ3n) is 4.48. The van der Waals surface area contributed by atoms with Crippen LogP contribution in [0.1, 0.15) is 32.3 Å². The van der Waals surface area contributed by atoms with Crippen molar-refractivity contribution < 1.29 is 0 Å². The second-order valence-corrected chi connectivity index (χ2v) is 6.50. The predicted octanol–water partition coefficient (Wildman–Crippen LogP) is 2.65.